The summed E-state index contributed by atoms with van der Waals surface area (Å²) in [5, 5.41) is 3.58. The predicted molar refractivity (Wildman–Crippen MR) is 112 cm³/mol. The van der Waals surface area contributed by atoms with Crippen LogP contribution in [0.15, 0.2) is 46.0 Å². The first kappa shape index (κ1) is 20.1. The van der Waals surface area contributed by atoms with E-state index in [-0.39, 0.29) is 5.91 Å². The number of guanidine groups is 1. The molecule has 3 N–H and O–H groups in total. The lowest BCUT2D eigenvalue weighted by Gasteiger charge is -2.36. The van der Waals surface area contributed by atoms with E-state index in [0.29, 0.717) is 24.8 Å². The Kier molecular flexibility index (Phi) is 6.81. The van der Waals surface area contributed by atoms with E-state index in [4.69, 9.17) is 21.8 Å². The highest BCUT2D eigenvalue weighted by Gasteiger charge is 2.18. The fraction of sp³-hybridized carbons (Fsp3) is 0.400. The smallest absolute Gasteiger partial charge is 0.287 e. The molecular formula is C20H26ClN5O2. The molecule has 1 aromatic carbocycles. The molecule has 0 atom stereocenters. The SMILES string of the molecule is Cc1ccoc1C(=O)NCCCN=C(N)N1CCN(c2ccc(Cl)cc2)CC1. The van der Waals surface area contributed by atoms with Crippen molar-refractivity contribution < 1.29 is 9.21 Å². The molecule has 1 aliphatic rings. The number of nitrogens with zero attached hydrogens (tertiary/aromatic N) is 3. The summed E-state index contributed by atoms with van der Waals surface area (Å²) in [6, 6.07) is 9.66. The van der Waals surface area contributed by atoms with E-state index in [1.807, 2.05) is 31.2 Å². The van der Waals surface area contributed by atoms with E-state index in [1.165, 1.54) is 12.0 Å². The lowest BCUT2D eigenvalue weighted by atomic mass is 10.2. The number of amides is 1. The van der Waals surface area contributed by atoms with Crippen LogP contribution < -0.4 is 16.0 Å². The third-order valence-corrected chi connectivity index (χ3v) is 5.01. The lowest BCUT2D eigenvalue weighted by molar-refractivity contribution is 0.0925. The fourth-order valence-corrected chi connectivity index (χ4v) is 3.23. The van der Waals surface area contributed by atoms with Gasteiger partial charge in [-0.3, -0.25) is 9.79 Å². The number of nitrogens with one attached hydrogen (secondary N) is 1. The molecule has 0 spiro atoms. The van der Waals surface area contributed by atoms with E-state index < -0.39 is 0 Å². The number of rotatable bonds is 6. The molecular weight excluding hydrogens is 378 g/mol. The highest BCUT2D eigenvalue weighted by Crippen LogP contribution is 2.19. The second-order valence-corrected chi connectivity index (χ2v) is 7.17. The Labute approximate surface area is 170 Å². The molecule has 1 saturated heterocycles. The van der Waals surface area contributed by atoms with E-state index in [1.54, 1.807) is 6.07 Å². The zero-order valence-electron chi connectivity index (χ0n) is 16.0. The minimum absolute atomic E-state index is 0.197. The number of carbonyl (C=O) groups excluding carboxylic acids is 1. The third-order valence-electron chi connectivity index (χ3n) is 4.76. The first-order valence-corrected chi connectivity index (χ1v) is 9.80. The van der Waals surface area contributed by atoms with E-state index >= 15 is 0 Å². The summed E-state index contributed by atoms with van der Waals surface area (Å²) in [5.74, 6) is 0.725. The monoisotopic (exact) mass is 403 g/mol. The number of halogens is 1. The summed E-state index contributed by atoms with van der Waals surface area (Å²) in [7, 11) is 0. The molecule has 0 aliphatic carbocycles. The van der Waals surface area contributed by atoms with Gasteiger partial charge in [-0.2, -0.15) is 0 Å². The Hall–Kier alpha value is -2.67. The van der Waals surface area contributed by atoms with Gasteiger partial charge in [-0.05, 0) is 43.7 Å². The second kappa shape index (κ2) is 9.50. The van der Waals surface area contributed by atoms with Gasteiger partial charge < -0.3 is 25.3 Å². The van der Waals surface area contributed by atoms with Crippen LogP contribution in [0.2, 0.25) is 5.02 Å². The van der Waals surface area contributed by atoms with Crippen LogP contribution in [-0.4, -0.2) is 56.0 Å². The van der Waals surface area contributed by atoms with Gasteiger partial charge in [0.25, 0.3) is 5.91 Å². The molecule has 0 radical (unpaired) electrons. The number of aryl methyl sites for hydroxylation is 1. The maximum absolute atomic E-state index is 12.0. The van der Waals surface area contributed by atoms with E-state index in [9.17, 15) is 4.79 Å². The number of carbonyl (C=O) groups is 1. The molecule has 1 aromatic heterocycles. The van der Waals surface area contributed by atoms with Crippen LogP contribution in [0, 0.1) is 6.92 Å². The molecule has 7 nitrogen and oxygen atoms in total. The van der Waals surface area contributed by atoms with Crippen molar-refractivity contribution in [2.75, 3.05) is 44.2 Å². The van der Waals surface area contributed by atoms with Gasteiger partial charge in [0.2, 0.25) is 0 Å². The Morgan fingerprint density at radius 1 is 1.21 bits per heavy atom. The number of hydrogen-bond acceptors (Lipinski definition) is 4. The van der Waals surface area contributed by atoms with Crippen LogP contribution in [0.4, 0.5) is 5.69 Å². The second-order valence-electron chi connectivity index (χ2n) is 6.73. The number of anilines is 1. The Balaban J connectivity index is 1.37. The zero-order valence-corrected chi connectivity index (χ0v) is 16.8. The van der Waals surface area contributed by atoms with Crippen LogP contribution in [0.5, 0.6) is 0 Å². The number of nitrogens with two attached hydrogens (primary N) is 1. The molecule has 0 bridgehead atoms. The van der Waals surface area contributed by atoms with Gasteiger partial charge in [0.1, 0.15) is 0 Å². The van der Waals surface area contributed by atoms with Crippen molar-refractivity contribution in [1.29, 1.82) is 0 Å². The van der Waals surface area contributed by atoms with E-state index in [2.05, 4.69) is 20.1 Å². The molecule has 2 aromatic rings. The van der Waals surface area contributed by atoms with Crippen molar-refractivity contribution in [3.05, 3.63) is 52.9 Å². The summed E-state index contributed by atoms with van der Waals surface area (Å²) < 4.78 is 5.17. The van der Waals surface area contributed by atoms with Crippen LogP contribution in [0.1, 0.15) is 22.5 Å². The standard InChI is InChI=1S/C20H26ClN5O2/c1-15-7-14-28-18(15)19(27)23-8-2-9-24-20(22)26-12-10-25(11-13-26)17-5-3-16(21)4-6-17/h3-7,14H,2,8-13H2,1H3,(H2,22,24)(H,23,27). The van der Waals surface area contributed by atoms with Crippen molar-refractivity contribution in [3.8, 4) is 0 Å². The minimum Gasteiger partial charge on any atom is -0.459 e. The number of aliphatic imine (C=N–C) groups is 1. The number of furan rings is 1. The average Bonchev–Trinajstić information content (AvgIpc) is 3.14. The van der Waals surface area contributed by atoms with E-state index in [0.717, 1.165) is 43.2 Å². The maximum atomic E-state index is 12.0. The first-order valence-electron chi connectivity index (χ1n) is 9.42. The summed E-state index contributed by atoms with van der Waals surface area (Å²) in [4.78, 5) is 20.8. The normalized spacial score (nSPS) is 15.0. The molecule has 150 valence electrons. The summed E-state index contributed by atoms with van der Waals surface area (Å²) >= 11 is 5.95. The quantitative estimate of drug-likeness (QED) is 0.439. The Morgan fingerprint density at radius 2 is 1.93 bits per heavy atom. The highest BCUT2D eigenvalue weighted by molar-refractivity contribution is 6.30. The van der Waals surface area contributed by atoms with Crippen LogP contribution in [-0.2, 0) is 0 Å². The topological polar surface area (TPSA) is 87.1 Å². The highest BCUT2D eigenvalue weighted by atomic mass is 35.5. The zero-order chi connectivity index (χ0) is 19.9. The van der Waals surface area contributed by atoms with Crippen LogP contribution in [0.3, 0.4) is 0 Å². The van der Waals surface area contributed by atoms with Crippen molar-refractivity contribution in [2.24, 2.45) is 10.7 Å². The van der Waals surface area contributed by atoms with Crippen molar-refractivity contribution in [2.45, 2.75) is 13.3 Å². The molecule has 0 unspecified atom stereocenters. The van der Waals surface area contributed by atoms with Crippen LogP contribution >= 0.6 is 11.6 Å². The molecule has 1 amide bonds. The lowest BCUT2D eigenvalue weighted by Crippen LogP contribution is -2.51. The molecule has 0 saturated carbocycles. The fourth-order valence-electron chi connectivity index (χ4n) is 3.11. The van der Waals surface area contributed by atoms with Gasteiger partial charge in [0, 0.05) is 55.5 Å². The molecule has 1 fully saturated rings. The predicted octanol–water partition coefficient (Wildman–Crippen LogP) is 2.50. The molecule has 1 aliphatic heterocycles. The summed E-state index contributed by atoms with van der Waals surface area (Å²) in [6.45, 7) is 6.36. The van der Waals surface area contributed by atoms with Crippen molar-refractivity contribution >= 4 is 29.2 Å². The van der Waals surface area contributed by atoms with Crippen molar-refractivity contribution in [1.82, 2.24) is 10.2 Å². The summed E-state index contributed by atoms with van der Waals surface area (Å²) in [6.07, 6.45) is 2.23. The summed E-state index contributed by atoms with van der Waals surface area (Å²) in [5.41, 5.74) is 8.13. The third kappa shape index (κ3) is 5.19. The molecule has 8 heteroatoms. The van der Waals surface area contributed by atoms with Gasteiger partial charge in [-0.15, -0.1) is 0 Å². The Morgan fingerprint density at radius 3 is 2.57 bits per heavy atom. The van der Waals surface area contributed by atoms with Gasteiger partial charge in [0.15, 0.2) is 11.7 Å². The van der Waals surface area contributed by atoms with Gasteiger partial charge in [-0.1, -0.05) is 11.6 Å². The molecule has 2 heterocycles. The average molecular weight is 404 g/mol. The van der Waals surface area contributed by atoms with Gasteiger partial charge in [0.05, 0.1) is 6.26 Å². The number of benzene rings is 1. The molecule has 28 heavy (non-hydrogen) atoms. The Bertz CT molecular complexity index is 810. The number of hydrogen-bond donors (Lipinski definition) is 2. The number of piperazine rings is 1. The van der Waals surface area contributed by atoms with Crippen LogP contribution in [0.25, 0.3) is 0 Å². The maximum Gasteiger partial charge on any atom is 0.287 e. The molecule has 3 rings (SSSR count). The minimum atomic E-state index is -0.197. The van der Waals surface area contributed by atoms with Gasteiger partial charge >= 0.3 is 0 Å². The first-order chi connectivity index (χ1) is 13.5. The van der Waals surface area contributed by atoms with Crippen molar-refractivity contribution in [3.63, 3.8) is 0 Å². The van der Waals surface area contributed by atoms with Gasteiger partial charge in [-0.25, -0.2) is 0 Å². The largest absolute Gasteiger partial charge is 0.459 e.